The highest BCUT2D eigenvalue weighted by Gasteiger charge is 2.18. The predicted octanol–water partition coefficient (Wildman–Crippen LogP) is 2.52. The Morgan fingerprint density at radius 3 is 2.70 bits per heavy atom. The van der Waals surface area contributed by atoms with Crippen molar-refractivity contribution < 1.29 is 12.8 Å². The fraction of sp³-hybridized carbons (Fsp3) is 0.0667. The van der Waals surface area contributed by atoms with E-state index in [1.165, 1.54) is 23.0 Å². The van der Waals surface area contributed by atoms with Crippen molar-refractivity contribution in [2.24, 2.45) is 0 Å². The van der Waals surface area contributed by atoms with Crippen molar-refractivity contribution in [3.05, 3.63) is 66.4 Å². The first-order valence-electron chi connectivity index (χ1n) is 6.71. The Kier molecular flexibility index (Phi) is 3.83. The second kappa shape index (κ2) is 5.81. The molecule has 0 saturated heterocycles. The monoisotopic (exact) mass is 332 g/mol. The van der Waals surface area contributed by atoms with Crippen molar-refractivity contribution in [2.75, 3.05) is 4.72 Å². The van der Waals surface area contributed by atoms with Crippen molar-refractivity contribution in [3.8, 4) is 5.82 Å². The molecule has 2 aromatic heterocycles. The molecule has 3 rings (SSSR count). The molecule has 0 atom stereocenters. The lowest BCUT2D eigenvalue weighted by Crippen LogP contribution is -2.15. The molecule has 0 aliphatic heterocycles. The molecule has 6 nitrogen and oxygen atoms in total. The average molecular weight is 332 g/mol. The van der Waals surface area contributed by atoms with Crippen LogP contribution in [0.1, 0.15) is 5.56 Å². The van der Waals surface area contributed by atoms with E-state index in [-0.39, 0.29) is 10.6 Å². The van der Waals surface area contributed by atoms with Gasteiger partial charge in [0, 0.05) is 18.6 Å². The molecule has 0 amide bonds. The zero-order valence-electron chi connectivity index (χ0n) is 12.1. The molecule has 23 heavy (non-hydrogen) atoms. The van der Waals surface area contributed by atoms with E-state index in [0.717, 1.165) is 6.07 Å². The summed E-state index contributed by atoms with van der Waals surface area (Å²) in [6.07, 6.45) is 4.73. The summed E-state index contributed by atoms with van der Waals surface area (Å²) >= 11 is 0. The molecule has 8 heteroatoms. The summed E-state index contributed by atoms with van der Waals surface area (Å²) in [7, 11) is -3.94. The summed E-state index contributed by atoms with van der Waals surface area (Å²) in [4.78, 5) is 3.97. The van der Waals surface area contributed by atoms with E-state index >= 15 is 0 Å². The average Bonchev–Trinajstić information content (AvgIpc) is 3.04. The Labute approximate surface area is 132 Å². The van der Waals surface area contributed by atoms with Gasteiger partial charge in [0.25, 0.3) is 10.0 Å². The van der Waals surface area contributed by atoms with Crippen LogP contribution >= 0.6 is 0 Å². The summed E-state index contributed by atoms with van der Waals surface area (Å²) in [5, 5.41) is 4.03. The van der Waals surface area contributed by atoms with Crippen LogP contribution in [0.5, 0.6) is 0 Å². The molecule has 2 heterocycles. The number of benzene rings is 1. The van der Waals surface area contributed by atoms with Crippen LogP contribution in [0.3, 0.4) is 0 Å². The maximum atomic E-state index is 13.6. The second-order valence-electron chi connectivity index (χ2n) is 4.84. The first kappa shape index (κ1) is 15.2. The van der Waals surface area contributed by atoms with Gasteiger partial charge in [0.2, 0.25) is 0 Å². The van der Waals surface area contributed by atoms with Crippen LogP contribution in [0, 0.1) is 12.7 Å². The van der Waals surface area contributed by atoms with Crippen molar-refractivity contribution in [3.63, 3.8) is 0 Å². The molecule has 0 bridgehead atoms. The van der Waals surface area contributed by atoms with E-state index in [9.17, 15) is 12.8 Å². The highest BCUT2D eigenvalue weighted by atomic mass is 32.2. The largest absolute Gasteiger partial charge is 0.276 e. The van der Waals surface area contributed by atoms with E-state index in [2.05, 4.69) is 14.8 Å². The van der Waals surface area contributed by atoms with Gasteiger partial charge in [0.15, 0.2) is 5.82 Å². The molecule has 0 saturated carbocycles. The Bertz CT molecular complexity index is 940. The van der Waals surface area contributed by atoms with Crippen LogP contribution in [0.25, 0.3) is 5.82 Å². The van der Waals surface area contributed by atoms with Gasteiger partial charge >= 0.3 is 0 Å². The van der Waals surface area contributed by atoms with Gasteiger partial charge in [-0.2, -0.15) is 5.10 Å². The van der Waals surface area contributed by atoms with Gasteiger partial charge in [0.1, 0.15) is 5.82 Å². The van der Waals surface area contributed by atoms with Crippen molar-refractivity contribution in [2.45, 2.75) is 11.8 Å². The quantitative estimate of drug-likeness (QED) is 0.796. The number of aromatic nitrogens is 3. The number of pyridine rings is 1. The van der Waals surface area contributed by atoms with E-state index in [1.54, 1.807) is 37.5 Å². The summed E-state index contributed by atoms with van der Waals surface area (Å²) in [6.45, 7) is 1.57. The molecule has 118 valence electrons. The number of hydrogen-bond donors (Lipinski definition) is 1. The zero-order chi connectivity index (χ0) is 16.4. The lowest BCUT2D eigenvalue weighted by molar-refractivity contribution is 0.593. The van der Waals surface area contributed by atoms with Crippen molar-refractivity contribution >= 4 is 15.7 Å². The van der Waals surface area contributed by atoms with Crippen LogP contribution < -0.4 is 4.72 Å². The van der Waals surface area contributed by atoms with Crippen LogP contribution in [0.2, 0.25) is 0 Å². The molecule has 3 aromatic rings. The number of aryl methyl sites for hydroxylation is 1. The van der Waals surface area contributed by atoms with E-state index in [1.807, 2.05) is 0 Å². The zero-order valence-corrected chi connectivity index (χ0v) is 13.0. The Morgan fingerprint density at radius 1 is 1.17 bits per heavy atom. The minimum atomic E-state index is -3.94. The topological polar surface area (TPSA) is 76.9 Å². The van der Waals surface area contributed by atoms with Gasteiger partial charge in [-0.25, -0.2) is 22.5 Å². The summed E-state index contributed by atoms with van der Waals surface area (Å²) < 4.78 is 42.4. The van der Waals surface area contributed by atoms with Gasteiger partial charge in [-0.1, -0.05) is 6.07 Å². The van der Waals surface area contributed by atoms with Gasteiger partial charge in [-0.15, -0.1) is 0 Å². The van der Waals surface area contributed by atoms with Gasteiger partial charge in [-0.05, 0) is 42.8 Å². The minimum absolute atomic E-state index is 0.157. The molecular formula is C15H13FN4O2S. The normalized spacial score (nSPS) is 11.4. The van der Waals surface area contributed by atoms with Crippen LogP contribution in [-0.2, 0) is 10.0 Å². The van der Waals surface area contributed by atoms with Crippen LogP contribution in [0.4, 0.5) is 10.1 Å². The standard InChI is InChI=1S/C15H13FN4O2S/c1-11-5-6-12(10-13(11)16)23(21,22)19-14-4-2-7-17-15(14)20-9-3-8-18-20/h2-10,19H,1H3. The molecule has 0 aliphatic rings. The fourth-order valence-electron chi connectivity index (χ4n) is 2.00. The third-order valence-electron chi connectivity index (χ3n) is 3.21. The lowest BCUT2D eigenvalue weighted by Gasteiger charge is -2.12. The third-order valence-corrected chi connectivity index (χ3v) is 4.57. The lowest BCUT2D eigenvalue weighted by atomic mass is 10.2. The fourth-order valence-corrected chi connectivity index (χ4v) is 3.07. The Balaban J connectivity index is 2.00. The smallest absolute Gasteiger partial charge is 0.262 e. The van der Waals surface area contributed by atoms with E-state index in [0.29, 0.717) is 11.4 Å². The van der Waals surface area contributed by atoms with Gasteiger partial charge < -0.3 is 0 Å². The Hall–Kier alpha value is -2.74. The summed E-state index contributed by atoms with van der Waals surface area (Å²) in [5.41, 5.74) is 0.625. The third kappa shape index (κ3) is 3.07. The molecule has 1 N–H and O–H groups in total. The number of rotatable bonds is 4. The molecule has 0 aliphatic carbocycles. The number of anilines is 1. The molecule has 1 aromatic carbocycles. The van der Waals surface area contributed by atoms with E-state index < -0.39 is 15.8 Å². The highest BCUT2D eigenvalue weighted by Crippen LogP contribution is 2.22. The van der Waals surface area contributed by atoms with Gasteiger partial charge in [0.05, 0.1) is 10.6 Å². The second-order valence-corrected chi connectivity index (χ2v) is 6.52. The summed E-state index contributed by atoms with van der Waals surface area (Å²) in [5.74, 6) is -0.250. The Morgan fingerprint density at radius 2 is 2.00 bits per heavy atom. The number of nitrogens with zero attached hydrogens (tertiary/aromatic N) is 3. The highest BCUT2D eigenvalue weighted by molar-refractivity contribution is 7.92. The molecule has 0 radical (unpaired) electrons. The number of nitrogens with one attached hydrogen (secondary N) is 1. The molecule has 0 unspecified atom stereocenters. The minimum Gasteiger partial charge on any atom is -0.276 e. The SMILES string of the molecule is Cc1ccc(S(=O)(=O)Nc2cccnc2-n2cccn2)cc1F. The van der Waals surface area contributed by atoms with Gasteiger partial charge in [-0.3, -0.25) is 4.72 Å². The van der Waals surface area contributed by atoms with Crippen molar-refractivity contribution in [1.29, 1.82) is 0 Å². The molecule has 0 fully saturated rings. The maximum absolute atomic E-state index is 13.6. The molecule has 0 spiro atoms. The number of halogens is 1. The number of hydrogen-bond acceptors (Lipinski definition) is 4. The first-order chi connectivity index (χ1) is 11.0. The number of sulfonamides is 1. The van der Waals surface area contributed by atoms with E-state index in [4.69, 9.17) is 0 Å². The first-order valence-corrected chi connectivity index (χ1v) is 8.20. The predicted molar refractivity (Wildman–Crippen MR) is 83.3 cm³/mol. The van der Waals surface area contributed by atoms with Crippen molar-refractivity contribution in [1.82, 2.24) is 14.8 Å². The van der Waals surface area contributed by atoms with Crippen LogP contribution in [0.15, 0.2) is 59.9 Å². The van der Waals surface area contributed by atoms with Crippen LogP contribution in [-0.4, -0.2) is 23.2 Å². The maximum Gasteiger partial charge on any atom is 0.262 e. The summed E-state index contributed by atoms with van der Waals surface area (Å²) in [6, 6.07) is 8.61. The molecular weight excluding hydrogens is 319 g/mol.